The van der Waals surface area contributed by atoms with Gasteiger partial charge in [-0.05, 0) is 102 Å². The highest BCUT2D eigenvalue weighted by Gasteiger charge is 2.35. The Hall–Kier alpha value is -3.70. The second-order valence-corrected chi connectivity index (χ2v) is 11.5. The maximum Gasteiger partial charge on any atom is 0.264 e. The number of hydrogen-bond donors (Lipinski definition) is 1. The minimum absolute atomic E-state index is 0.122. The van der Waals surface area contributed by atoms with Crippen molar-refractivity contribution >= 4 is 34.0 Å². The Bertz CT molecular complexity index is 1560. The summed E-state index contributed by atoms with van der Waals surface area (Å²) in [5.74, 6) is 0.518. The molecule has 1 fully saturated rings. The zero-order valence-electron chi connectivity index (χ0n) is 23.3. The van der Waals surface area contributed by atoms with E-state index in [1.54, 1.807) is 7.11 Å². The first kappa shape index (κ1) is 27.5. The average molecular weight is 563 g/mol. The SMILES string of the molecule is COC1(C(=O)Nc2ccc3cc(CN4CCC(c5ccc(Cl)cc5)CC4)ccc3c2)C=CC(c2ccccc2)C=C1. The summed E-state index contributed by atoms with van der Waals surface area (Å²) in [6.45, 7) is 3.12. The molecule has 4 aromatic rings. The molecule has 6 rings (SSSR count). The Labute approximate surface area is 247 Å². The Kier molecular flexibility index (Phi) is 8.06. The van der Waals surface area contributed by atoms with Crippen molar-refractivity contribution < 1.29 is 9.53 Å². The van der Waals surface area contributed by atoms with Gasteiger partial charge in [-0.3, -0.25) is 9.69 Å². The van der Waals surface area contributed by atoms with Crippen molar-refractivity contribution in [2.75, 3.05) is 25.5 Å². The number of fused-ring (bicyclic) bond motifs is 1. The van der Waals surface area contributed by atoms with Gasteiger partial charge in [-0.1, -0.05) is 84.4 Å². The molecule has 0 radical (unpaired) electrons. The number of ether oxygens (including phenoxy) is 1. The van der Waals surface area contributed by atoms with Gasteiger partial charge in [0.05, 0.1) is 0 Å². The summed E-state index contributed by atoms with van der Waals surface area (Å²) >= 11 is 6.07. The molecular weight excluding hydrogens is 528 g/mol. The molecule has 0 saturated carbocycles. The van der Waals surface area contributed by atoms with Crippen LogP contribution in [0.2, 0.25) is 5.02 Å². The number of methoxy groups -OCH3 is 1. The highest BCUT2D eigenvalue weighted by Crippen LogP contribution is 2.32. The average Bonchev–Trinajstić information content (AvgIpc) is 3.02. The lowest BCUT2D eigenvalue weighted by atomic mass is 9.87. The molecule has 0 aromatic heterocycles. The van der Waals surface area contributed by atoms with Crippen LogP contribution in [0.25, 0.3) is 10.8 Å². The first-order chi connectivity index (χ1) is 20.0. The molecule has 1 aliphatic carbocycles. The summed E-state index contributed by atoms with van der Waals surface area (Å²) in [5, 5.41) is 6.13. The molecule has 208 valence electrons. The monoisotopic (exact) mass is 562 g/mol. The van der Waals surface area contributed by atoms with Gasteiger partial charge in [0, 0.05) is 30.3 Å². The second-order valence-electron chi connectivity index (χ2n) is 11.1. The third kappa shape index (κ3) is 6.15. The lowest BCUT2D eigenvalue weighted by Crippen LogP contribution is -2.42. The highest BCUT2D eigenvalue weighted by molar-refractivity contribution is 6.30. The number of halogens is 1. The molecule has 0 bridgehead atoms. The van der Waals surface area contributed by atoms with Crippen molar-refractivity contribution in [2.24, 2.45) is 0 Å². The molecule has 0 atom stereocenters. The third-order valence-electron chi connectivity index (χ3n) is 8.48. The maximum atomic E-state index is 13.4. The van der Waals surface area contributed by atoms with Crippen LogP contribution in [0.1, 0.15) is 41.4 Å². The molecule has 1 saturated heterocycles. The van der Waals surface area contributed by atoms with Gasteiger partial charge < -0.3 is 10.1 Å². The van der Waals surface area contributed by atoms with Gasteiger partial charge in [-0.15, -0.1) is 0 Å². The number of benzene rings is 4. The standard InChI is InChI=1S/C36H35ClN2O2/c1-41-36(19-15-29(16-20-36)27-5-3-2-4-6-27)35(40)38-34-14-11-31-23-26(7-8-32(31)24-34)25-39-21-17-30(18-22-39)28-9-12-33(37)13-10-28/h2-16,19-20,23-24,29-30H,17-18,21-22,25H2,1H3,(H,38,40). The Morgan fingerprint density at radius 1 is 0.878 bits per heavy atom. The summed E-state index contributed by atoms with van der Waals surface area (Å²) in [4.78, 5) is 15.9. The van der Waals surface area contributed by atoms with Crippen molar-refractivity contribution in [3.05, 3.63) is 137 Å². The molecule has 0 spiro atoms. The van der Waals surface area contributed by atoms with Gasteiger partial charge >= 0.3 is 0 Å². The number of anilines is 1. The number of hydrogen-bond acceptors (Lipinski definition) is 3. The van der Waals surface area contributed by atoms with E-state index >= 15 is 0 Å². The number of carbonyl (C=O) groups is 1. The molecule has 1 aliphatic heterocycles. The zero-order chi connectivity index (χ0) is 28.2. The van der Waals surface area contributed by atoms with E-state index in [1.165, 1.54) is 34.9 Å². The van der Waals surface area contributed by atoms with Crippen LogP contribution in [0, 0.1) is 0 Å². The van der Waals surface area contributed by atoms with Gasteiger partial charge in [0.25, 0.3) is 5.91 Å². The molecule has 4 nitrogen and oxygen atoms in total. The Morgan fingerprint density at radius 2 is 1.56 bits per heavy atom. The summed E-state index contributed by atoms with van der Waals surface area (Å²) in [6, 6.07) is 31.2. The smallest absolute Gasteiger partial charge is 0.264 e. The van der Waals surface area contributed by atoms with Crippen LogP contribution in [0.3, 0.4) is 0 Å². The fourth-order valence-electron chi connectivity index (χ4n) is 6.01. The van der Waals surface area contributed by atoms with Gasteiger partial charge in [-0.25, -0.2) is 0 Å². The zero-order valence-corrected chi connectivity index (χ0v) is 24.1. The fourth-order valence-corrected chi connectivity index (χ4v) is 6.13. The molecule has 0 unspecified atom stereocenters. The van der Waals surface area contributed by atoms with Crippen LogP contribution in [0.5, 0.6) is 0 Å². The van der Waals surface area contributed by atoms with Gasteiger partial charge in [0.2, 0.25) is 0 Å². The van der Waals surface area contributed by atoms with E-state index in [4.69, 9.17) is 16.3 Å². The second kappa shape index (κ2) is 12.0. The normalized spacial score (nSPS) is 21.3. The van der Waals surface area contributed by atoms with Crippen molar-refractivity contribution in [1.29, 1.82) is 0 Å². The quantitative estimate of drug-likeness (QED) is 0.231. The number of nitrogens with one attached hydrogen (secondary N) is 1. The first-order valence-electron chi connectivity index (χ1n) is 14.3. The van der Waals surface area contributed by atoms with E-state index in [0.717, 1.165) is 35.7 Å². The Balaban J connectivity index is 1.08. The predicted octanol–water partition coefficient (Wildman–Crippen LogP) is 8.11. The lowest BCUT2D eigenvalue weighted by Gasteiger charge is -2.32. The van der Waals surface area contributed by atoms with E-state index in [0.29, 0.717) is 5.92 Å². The van der Waals surface area contributed by atoms with Crippen molar-refractivity contribution in [2.45, 2.75) is 36.8 Å². The molecule has 1 heterocycles. The van der Waals surface area contributed by atoms with Crippen LogP contribution in [0.15, 0.2) is 115 Å². The number of rotatable bonds is 7. The number of piperidine rings is 1. The number of likely N-dealkylation sites (tertiary alicyclic amines) is 1. The van der Waals surface area contributed by atoms with E-state index in [-0.39, 0.29) is 11.8 Å². The fraction of sp³-hybridized carbons (Fsp3) is 0.250. The lowest BCUT2D eigenvalue weighted by molar-refractivity contribution is -0.128. The number of carbonyl (C=O) groups excluding carboxylic acids is 1. The molecule has 2 aliphatic rings. The molecule has 41 heavy (non-hydrogen) atoms. The Morgan fingerprint density at radius 3 is 2.27 bits per heavy atom. The summed E-state index contributed by atoms with van der Waals surface area (Å²) in [5.41, 5.74) is 3.50. The minimum atomic E-state index is -1.13. The van der Waals surface area contributed by atoms with Crippen molar-refractivity contribution in [3.8, 4) is 0 Å². The van der Waals surface area contributed by atoms with Crippen LogP contribution < -0.4 is 5.32 Å². The van der Waals surface area contributed by atoms with Crippen LogP contribution in [-0.4, -0.2) is 36.6 Å². The van der Waals surface area contributed by atoms with E-state index < -0.39 is 5.60 Å². The molecule has 1 N–H and O–H groups in total. The summed E-state index contributed by atoms with van der Waals surface area (Å²) in [7, 11) is 1.57. The molecule has 1 amide bonds. The predicted molar refractivity (Wildman–Crippen MR) is 168 cm³/mol. The van der Waals surface area contributed by atoms with Gasteiger partial charge in [-0.2, -0.15) is 0 Å². The van der Waals surface area contributed by atoms with Crippen LogP contribution in [-0.2, 0) is 16.1 Å². The van der Waals surface area contributed by atoms with E-state index in [1.807, 2.05) is 66.8 Å². The van der Waals surface area contributed by atoms with E-state index in [9.17, 15) is 4.79 Å². The molecule has 5 heteroatoms. The number of nitrogens with zero attached hydrogens (tertiary/aromatic N) is 1. The van der Waals surface area contributed by atoms with Gasteiger partial charge in [0.1, 0.15) is 0 Å². The van der Waals surface area contributed by atoms with Crippen LogP contribution >= 0.6 is 11.6 Å². The third-order valence-corrected chi connectivity index (χ3v) is 8.73. The highest BCUT2D eigenvalue weighted by atomic mass is 35.5. The molecular formula is C36H35ClN2O2. The largest absolute Gasteiger partial charge is 0.360 e. The number of allylic oxidation sites excluding steroid dienone is 2. The van der Waals surface area contributed by atoms with Crippen molar-refractivity contribution in [1.82, 2.24) is 4.90 Å². The van der Waals surface area contributed by atoms with Gasteiger partial charge in [0.15, 0.2) is 5.60 Å². The molecule has 4 aromatic carbocycles. The summed E-state index contributed by atoms with van der Waals surface area (Å²) in [6.07, 6.45) is 10.1. The first-order valence-corrected chi connectivity index (χ1v) is 14.7. The maximum absolute atomic E-state index is 13.4. The minimum Gasteiger partial charge on any atom is -0.360 e. The van der Waals surface area contributed by atoms with Crippen molar-refractivity contribution in [3.63, 3.8) is 0 Å². The van der Waals surface area contributed by atoms with Crippen LogP contribution in [0.4, 0.5) is 5.69 Å². The summed E-state index contributed by atoms with van der Waals surface area (Å²) < 4.78 is 5.71. The topological polar surface area (TPSA) is 41.6 Å². The number of amides is 1. The van der Waals surface area contributed by atoms with E-state index in [2.05, 4.69) is 58.7 Å².